The number of hydrogen-bond acceptors (Lipinski definition) is 4. The number of primary amides is 1. The fraction of sp³-hybridized carbons (Fsp3) is 0.235. The summed E-state index contributed by atoms with van der Waals surface area (Å²) in [6.45, 7) is 3.07. The van der Waals surface area contributed by atoms with Crippen LogP contribution >= 0.6 is 0 Å². The van der Waals surface area contributed by atoms with E-state index in [0.29, 0.717) is 25.3 Å². The summed E-state index contributed by atoms with van der Waals surface area (Å²) < 4.78 is 1.93. The third-order valence-corrected chi connectivity index (χ3v) is 3.63. The van der Waals surface area contributed by atoms with Crippen molar-refractivity contribution in [3.05, 3.63) is 54.0 Å². The van der Waals surface area contributed by atoms with Gasteiger partial charge < -0.3 is 15.6 Å². The van der Waals surface area contributed by atoms with Gasteiger partial charge in [0.1, 0.15) is 17.3 Å². The van der Waals surface area contributed by atoms with Crippen molar-refractivity contribution in [1.82, 2.24) is 14.5 Å². The number of benzene rings is 1. The molecule has 6 heteroatoms. The van der Waals surface area contributed by atoms with E-state index < -0.39 is 0 Å². The molecule has 1 amide bonds. The largest absolute Gasteiger partial charge is 0.370 e. The molecule has 23 heavy (non-hydrogen) atoms. The van der Waals surface area contributed by atoms with Crippen molar-refractivity contribution < 1.29 is 4.79 Å². The van der Waals surface area contributed by atoms with Crippen LogP contribution in [0.4, 0.5) is 5.82 Å². The highest BCUT2D eigenvalue weighted by Gasteiger charge is 2.10. The summed E-state index contributed by atoms with van der Waals surface area (Å²) in [6.07, 6.45) is 2.20. The minimum atomic E-state index is -0.319. The van der Waals surface area contributed by atoms with E-state index in [1.54, 1.807) is 0 Å². The fourth-order valence-electron chi connectivity index (χ4n) is 2.50. The van der Waals surface area contributed by atoms with Crippen LogP contribution in [0.15, 0.2) is 42.6 Å². The Morgan fingerprint density at radius 3 is 2.74 bits per heavy atom. The number of carbonyl (C=O) groups is 1. The SMILES string of the molecule is Cc1nc(NCc2ccccc2)c2ccn(CCC(N)=O)c2n1. The number of carbonyl (C=O) groups excluding carboxylic acids is 1. The molecule has 0 fully saturated rings. The lowest BCUT2D eigenvalue weighted by molar-refractivity contribution is -0.118. The van der Waals surface area contributed by atoms with E-state index in [1.165, 1.54) is 5.56 Å². The highest BCUT2D eigenvalue weighted by Crippen LogP contribution is 2.22. The first-order chi connectivity index (χ1) is 11.1. The molecule has 2 aromatic heterocycles. The molecule has 118 valence electrons. The molecular weight excluding hydrogens is 290 g/mol. The number of nitrogens with two attached hydrogens (primary N) is 1. The Bertz CT molecular complexity index is 826. The second-order valence-electron chi connectivity index (χ2n) is 5.42. The van der Waals surface area contributed by atoms with Gasteiger partial charge in [-0.1, -0.05) is 30.3 Å². The lowest BCUT2D eigenvalue weighted by atomic mass is 10.2. The van der Waals surface area contributed by atoms with Crippen LogP contribution in [-0.2, 0) is 17.9 Å². The monoisotopic (exact) mass is 309 g/mol. The minimum Gasteiger partial charge on any atom is -0.370 e. The van der Waals surface area contributed by atoms with Gasteiger partial charge in [0.25, 0.3) is 0 Å². The maximum absolute atomic E-state index is 11.0. The number of nitrogens with one attached hydrogen (secondary N) is 1. The second-order valence-corrected chi connectivity index (χ2v) is 5.42. The molecule has 0 bridgehead atoms. The zero-order valence-electron chi connectivity index (χ0n) is 13.0. The molecular formula is C17H19N5O. The first-order valence-corrected chi connectivity index (χ1v) is 7.53. The zero-order valence-corrected chi connectivity index (χ0v) is 13.0. The number of rotatable bonds is 6. The highest BCUT2D eigenvalue weighted by atomic mass is 16.1. The zero-order chi connectivity index (χ0) is 16.2. The van der Waals surface area contributed by atoms with Crippen LogP contribution in [0.5, 0.6) is 0 Å². The van der Waals surface area contributed by atoms with E-state index in [-0.39, 0.29) is 5.91 Å². The van der Waals surface area contributed by atoms with Gasteiger partial charge in [-0.2, -0.15) is 0 Å². The van der Waals surface area contributed by atoms with Gasteiger partial charge in [0.05, 0.1) is 5.39 Å². The Kier molecular flexibility index (Phi) is 4.23. The van der Waals surface area contributed by atoms with Gasteiger partial charge in [-0.25, -0.2) is 9.97 Å². The van der Waals surface area contributed by atoms with Crippen molar-refractivity contribution in [3.63, 3.8) is 0 Å². The molecule has 0 unspecified atom stereocenters. The molecule has 0 saturated heterocycles. The topological polar surface area (TPSA) is 85.8 Å². The van der Waals surface area contributed by atoms with Crippen molar-refractivity contribution in [1.29, 1.82) is 0 Å². The normalized spacial score (nSPS) is 10.8. The molecule has 0 aliphatic rings. The van der Waals surface area contributed by atoms with E-state index >= 15 is 0 Å². The smallest absolute Gasteiger partial charge is 0.219 e. The third kappa shape index (κ3) is 3.48. The molecule has 0 spiro atoms. The van der Waals surface area contributed by atoms with Crippen LogP contribution in [0.3, 0.4) is 0 Å². The minimum absolute atomic E-state index is 0.291. The van der Waals surface area contributed by atoms with Crippen LogP contribution in [-0.4, -0.2) is 20.4 Å². The Balaban J connectivity index is 1.86. The Morgan fingerprint density at radius 1 is 1.22 bits per heavy atom. The summed E-state index contributed by atoms with van der Waals surface area (Å²) >= 11 is 0. The molecule has 0 aliphatic carbocycles. The van der Waals surface area contributed by atoms with Gasteiger partial charge in [0, 0.05) is 25.7 Å². The van der Waals surface area contributed by atoms with Gasteiger partial charge >= 0.3 is 0 Å². The van der Waals surface area contributed by atoms with Crippen molar-refractivity contribution in [2.75, 3.05) is 5.32 Å². The van der Waals surface area contributed by atoms with E-state index in [0.717, 1.165) is 16.9 Å². The summed E-state index contributed by atoms with van der Waals surface area (Å²) in [6, 6.07) is 12.1. The predicted molar refractivity (Wildman–Crippen MR) is 89.8 cm³/mol. The van der Waals surface area contributed by atoms with E-state index in [2.05, 4.69) is 27.4 Å². The van der Waals surface area contributed by atoms with Crippen LogP contribution in [0.25, 0.3) is 11.0 Å². The van der Waals surface area contributed by atoms with Crippen LogP contribution < -0.4 is 11.1 Å². The molecule has 3 rings (SSSR count). The molecule has 2 heterocycles. The maximum atomic E-state index is 11.0. The standard InChI is InChI=1S/C17H19N5O/c1-12-20-16(19-11-13-5-3-2-4-6-13)14-7-9-22(17(14)21-12)10-8-15(18)23/h2-7,9H,8,10-11H2,1H3,(H2,18,23)(H,19,20,21). The van der Waals surface area contributed by atoms with Gasteiger partial charge in [0.15, 0.2) is 0 Å². The van der Waals surface area contributed by atoms with E-state index in [4.69, 9.17) is 5.73 Å². The second kappa shape index (κ2) is 6.48. The van der Waals surface area contributed by atoms with E-state index in [1.807, 2.05) is 42.0 Å². The molecule has 0 radical (unpaired) electrons. The number of anilines is 1. The summed E-state index contributed by atoms with van der Waals surface area (Å²) in [4.78, 5) is 20.0. The number of nitrogens with zero attached hydrogens (tertiary/aromatic N) is 3. The maximum Gasteiger partial charge on any atom is 0.219 e. The van der Waals surface area contributed by atoms with Crippen molar-refractivity contribution in [2.24, 2.45) is 5.73 Å². The van der Waals surface area contributed by atoms with E-state index in [9.17, 15) is 4.79 Å². The Morgan fingerprint density at radius 2 is 2.00 bits per heavy atom. The van der Waals surface area contributed by atoms with Gasteiger partial charge in [-0.05, 0) is 18.6 Å². The summed E-state index contributed by atoms with van der Waals surface area (Å²) in [5.41, 5.74) is 7.23. The highest BCUT2D eigenvalue weighted by molar-refractivity contribution is 5.87. The first-order valence-electron chi connectivity index (χ1n) is 7.53. The molecule has 0 saturated carbocycles. The average molecular weight is 309 g/mol. The van der Waals surface area contributed by atoms with Crippen molar-refractivity contribution in [3.8, 4) is 0 Å². The van der Waals surface area contributed by atoms with Crippen molar-refractivity contribution >= 4 is 22.8 Å². The lowest BCUT2D eigenvalue weighted by Gasteiger charge is -2.09. The molecule has 3 N–H and O–H groups in total. The van der Waals surface area contributed by atoms with Gasteiger partial charge in [0.2, 0.25) is 5.91 Å². The van der Waals surface area contributed by atoms with Crippen molar-refractivity contribution in [2.45, 2.75) is 26.4 Å². The molecule has 0 atom stereocenters. The predicted octanol–water partition coefficient (Wildman–Crippen LogP) is 2.23. The molecule has 0 aliphatic heterocycles. The fourth-order valence-corrected chi connectivity index (χ4v) is 2.50. The van der Waals surface area contributed by atoms with Crippen LogP contribution in [0.2, 0.25) is 0 Å². The van der Waals surface area contributed by atoms with Gasteiger partial charge in [-0.3, -0.25) is 4.79 Å². The van der Waals surface area contributed by atoms with Crippen LogP contribution in [0.1, 0.15) is 17.8 Å². The van der Waals surface area contributed by atoms with Crippen LogP contribution in [0, 0.1) is 6.92 Å². The first kappa shape index (κ1) is 15.0. The average Bonchev–Trinajstić information content (AvgIpc) is 2.94. The summed E-state index contributed by atoms with van der Waals surface area (Å²) in [7, 11) is 0. The Hall–Kier alpha value is -2.89. The quantitative estimate of drug-likeness (QED) is 0.731. The summed E-state index contributed by atoms with van der Waals surface area (Å²) in [5.74, 6) is 1.17. The lowest BCUT2D eigenvalue weighted by Crippen LogP contribution is -2.14. The molecule has 3 aromatic rings. The number of hydrogen-bond donors (Lipinski definition) is 2. The third-order valence-electron chi connectivity index (χ3n) is 3.63. The number of aryl methyl sites for hydroxylation is 2. The number of aromatic nitrogens is 3. The van der Waals surface area contributed by atoms with Gasteiger partial charge in [-0.15, -0.1) is 0 Å². The Labute approximate surface area is 134 Å². The molecule has 1 aromatic carbocycles. The molecule has 6 nitrogen and oxygen atoms in total. The number of amides is 1. The summed E-state index contributed by atoms with van der Waals surface area (Å²) in [5, 5.41) is 4.31. The number of fused-ring (bicyclic) bond motifs is 1.